The van der Waals surface area contributed by atoms with Crippen molar-refractivity contribution in [3.63, 3.8) is 0 Å². The van der Waals surface area contributed by atoms with Gasteiger partial charge < -0.3 is 10.1 Å². The van der Waals surface area contributed by atoms with Gasteiger partial charge in [0.1, 0.15) is 12.4 Å². The number of anilines is 1. The topological polar surface area (TPSA) is 41.6 Å². The van der Waals surface area contributed by atoms with E-state index in [1.165, 1.54) is 5.56 Å². The maximum absolute atomic E-state index is 12.8. The molecule has 0 aliphatic carbocycles. The van der Waals surface area contributed by atoms with Gasteiger partial charge in [-0.05, 0) is 54.8 Å². The van der Waals surface area contributed by atoms with E-state index in [0.29, 0.717) is 6.61 Å². The fourth-order valence-electron chi connectivity index (χ4n) is 3.87. The monoisotopic (exact) mass is 400 g/mol. The van der Waals surface area contributed by atoms with Gasteiger partial charge in [0.15, 0.2) is 0 Å². The van der Waals surface area contributed by atoms with Gasteiger partial charge in [-0.3, -0.25) is 9.69 Å². The summed E-state index contributed by atoms with van der Waals surface area (Å²) < 4.78 is 5.82. The van der Waals surface area contributed by atoms with E-state index in [1.807, 2.05) is 60.7 Å². The molecule has 3 aromatic carbocycles. The van der Waals surface area contributed by atoms with Crippen LogP contribution in [0, 0.1) is 5.92 Å². The zero-order valence-electron chi connectivity index (χ0n) is 17.2. The van der Waals surface area contributed by atoms with E-state index in [9.17, 15) is 4.79 Å². The summed E-state index contributed by atoms with van der Waals surface area (Å²) in [5.74, 6) is 0.922. The van der Waals surface area contributed by atoms with Crippen LogP contribution < -0.4 is 10.1 Å². The number of nitrogens with one attached hydrogen (secondary N) is 1. The van der Waals surface area contributed by atoms with Crippen molar-refractivity contribution >= 4 is 11.6 Å². The summed E-state index contributed by atoms with van der Waals surface area (Å²) in [6, 6.07) is 28.2. The lowest BCUT2D eigenvalue weighted by atomic mass is 9.96. The molecule has 30 heavy (non-hydrogen) atoms. The van der Waals surface area contributed by atoms with Gasteiger partial charge >= 0.3 is 0 Å². The molecule has 1 atom stereocenters. The fourth-order valence-corrected chi connectivity index (χ4v) is 3.87. The number of ether oxygens (including phenoxy) is 1. The summed E-state index contributed by atoms with van der Waals surface area (Å²) in [7, 11) is 0. The smallest absolute Gasteiger partial charge is 0.228 e. The van der Waals surface area contributed by atoms with Crippen molar-refractivity contribution in [2.75, 3.05) is 18.4 Å². The Morgan fingerprint density at radius 3 is 2.27 bits per heavy atom. The standard InChI is InChI=1S/C26H28N2O2/c29-26(23-12-7-17-28(19-23)18-21-8-3-1-4-9-21)27-24-13-15-25(16-14-24)30-20-22-10-5-2-6-11-22/h1-6,8-11,13-16,23H,7,12,17-20H2,(H,27,29). The highest BCUT2D eigenvalue weighted by Gasteiger charge is 2.25. The van der Waals surface area contributed by atoms with E-state index in [0.717, 1.165) is 49.5 Å². The molecule has 0 aromatic heterocycles. The number of piperidine rings is 1. The first-order valence-corrected chi connectivity index (χ1v) is 10.6. The van der Waals surface area contributed by atoms with E-state index >= 15 is 0 Å². The van der Waals surface area contributed by atoms with Crippen molar-refractivity contribution in [3.05, 3.63) is 96.1 Å². The van der Waals surface area contributed by atoms with E-state index in [2.05, 4.69) is 34.5 Å². The average Bonchev–Trinajstić information content (AvgIpc) is 2.80. The number of carbonyl (C=O) groups excluding carboxylic acids is 1. The molecule has 0 saturated carbocycles. The highest BCUT2D eigenvalue weighted by atomic mass is 16.5. The second kappa shape index (κ2) is 10.1. The summed E-state index contributed by atoms with van der Waals surface area (Å²) in [6.07, 6.45) is 1.99. The summed E-state index contributed by atoms with van der Waals surface area (Å²) in [5, 5.41) is 3.08. The summed E-state index contributed by atoms with van der Waals surface area (Å²) >= 11 is 0. The number of carbonyl (C=O) groups is 1. The molecule has 0 bridgehead atoms. The largest absolute Gasteiger partial charge is 0.489 e. The van der Waals surface area contributed by atoms with E-state index in [-0.39, 0.29) is 11.8 Å². The normalized spacial score (nSPS) is 16.7. The van der Waals surface area contributed by atoms with Gasteiger partial charge in [0, 0.05) is 18.8 Å². The van der Waals surface area contributed by atoms with Crippen LogP contribution in [0.3, 0.4) is 0 Å². The Labute approximate surface area is 178 Å². The minimum atomic E-state index is 0.0245. The number of nitrogens with zero attached hydrogens (tertiary/aromatic N) is 1. The zero-order valence-corrected chi connectivity index (χ0v) is 17.2. The fraction of sp³-hybridized carbons (Fsp3) is 0.269. The van der Waals surface area contributed by atoms with Crippen LogP contribution in [0.1, 0.15) is 24.0 Å². The molecule has 3 aromatic rings. The van der Waals surface area contributed by atoms with Gasteiger partial charge in [0.25, 0.3) is 0 Å². The zero-order chi connectivity index (χ0) is 20.6. The first kappa shape index (κ1) is 20.2. The molecule has 1 unspecified atom stereocenters. The van der Waals surface area contributed by atoms with E-state index < -0.39 is 0 Å². The molecule has 154 valence electrons. The molecular weight excluding hydrogens is 372 g/mol. The third kappa shape index (κ3) is 5.71. The number of amides is 1. The van der Waals surface area contributed by atoms with Crippen LogP contribution in [0.5, 0.6) is 5.75 Å². The van der Waals surface area contributed by atoms with Gasteiger partial charge in [0.2, 0.25) is 5.91 Å². The van der Waals surface area contributed by atoms with Gasteiger partial charge in [-0.1, -0.05) is 60.7 Å². The second-order valence-electron chi connectivity index (χ2n) is 7.85. The van der Waals surface area contributed by atoms with Crippen LogP contribution in [-0.2, 0) is 17.9 Å². The number of hydrogen-bond acceptors (Lipinski definition) is 3. The molecular formula is C26H28N2O2. The minimum absolute atomic E-state index is 0.0245. The predicted octanol–water partition coefficient (Wildman–Crippen LogP) is 5.12. The Kier molecular flexibility index (Phi) is 6.78. The summed E-state index contributed by atoms with van der Waals surface area (Å²) in [5.41, 5.74) is 3.24. The first-order chi connectivity index (χ1) is 14.8. The molecule has 1 aliphatic rings. The van der Waals surface area contributed by atoms with Gasteiger partial charge in [-0.25, -0.2) is 0 Å². The molecule has 1 fully saturated rings. The van der Waals surface area contributed by atoms with Crippen molar-refractivity contribution in [1.82, 2.24) is 4.90 Å². The van der Waals surface area contributed by atoms with E-state index in [1.54, 1.807) is 0 Å². The molecule has 4 heteroatoms. The van der Waals surface area contributed by atoms with Gasteiger partial charge in [0.05, 0.1) is 5.92 Å². The van der Waals surface area contributed by atoms with Crippen LogP contribution in [0.15, 0.2) is 84.9 Å². The SMILES string of the molecule is O=C(Nc1ccc(OCc2ccccc2)cc1)C1CCCN(Cc2ccccc2)C1. The molecule has 1 saturated heterocycles. The number of hydrogen-bond donors (Lipinski definition) is 1. The lowest BCUT2D eigenvalue weighted by molar-refractivity contribution is -0.121. The van der Waals surface area contributed by atoms with Crippen LogP contribution >= 0.6 is 0 Å². The van der Waals surface area contributed by atoms with Crippen LogP contribution in [0.2, 0.25) is 0 Å². The molecule has 4 rings (SSSR count). The average molecular weight is 401 g/mol. The maximum Gasteiger partial charge on any atom is 0.228 e. The first-order valence-electron chi connectivity index (χ1n) is 10.6. The highest BCUT2D eigenvalue weighted by Crippen LogP contribution is 2.22. The number of benzene rings is 3. The quantitative estimate of drug-likeness (QED) is 0.599. The van der Waals surface area contributed by atoms with Crippen molar-refractivity contribution in [3.8, 4) is 5.75 Å². The van der Waals surface area contributed by atoms with Crippen LogP contribution in [-0.4, -0.2) is 23.9 Å². The van der Waals surface area contributed by atoms with Gasteiger partial charge in [-0.15, -0.1) is 0 Å². The summed E-state index contributed by atoms with van der Waals surface area (Å²) in [4.78, 5) is 15.2. The lowest BCUT2D eigenvalue weighted by Gasteiger charge is -2.32. The van der Waals surface area contributed by atoms with Crippen molar-refractivity contribution < 1.29 is 9.53 Å². The Morgan fingerprint density at radius 2 is 1.57 bits per heavy atom. The summed E-state index contributed by atoms with van der Waals surface area (Å²) in [6.45, 7) is 3.29. The lowest BCUT2D eigenvalue weighted by Crippen LogP contribution is -2.40. The Morgan fingerprint density at radius 1 is 0.900 bits per heavy atom. The molecule has 1 amide bonds. The minimum Gasteiger partial charge on any atom is -0.489 e. The molecule has 0 radical (unpaired) electrons. The molecule has 0 spiro atoms. The molecule has 1 aliphatic heterocycles. The molecule has 1 heterocycles. The number of rotatable bonds is 7. The van der Waals surface area contributed by atoms with E-state index in [4.69, 9.17) is 4.74 Å². The highest BCUT2D eigenvalue weighted by molar-refractivity contribution is 5.92. The number of likely N-dealkylation sites (tertiary alicyclic amines) is 1. The third-order valence-electron chi connectivity index (χ3n) is 5.50. The Bertz CT molecular complexity index is 926. The third-order valence-corrected chi connectivity index (χ3v) is 5.50. The maximum atomic E-state index is 12.8. The van der Waals surface area contributed by atoms with Crippen molar-refractivity contribution in [2.24, 2.45) is 5.92 Å². The van der Waals surface area contributed by atoms with Crippen molar-refractivity contribution in [2.45, 2.75) is 26.0 Å². The van der Waals surface area contributed by atoms with Crippen molar-refractivity contribution in [1.29, 1.82) is 0 Å². The predicted molar refractivity (Wildman–Crippen MR) is 120 cm³/mol. The van der Waals surface area contributed by atoms with Crippen LogP contribution in [0.4, 0.5) is 5.69 Å². The van der Waals surface area contributed by atoms with Crippen LogP contribution in [0.25, 0.3) is 0 Å². The molecule has 4 nitrogen and oxygen atoms in total. The molecule has 1 N–H and O–H groups in total. The second-order valence-corrected chi connectivity index (χ2v) is 7.85. The Hall–Kier alpha value is -3.11. The van der Waals surface area contributed by atoms with Gasteiger partial charge in [-0.2, -0.15) is 0 Å². The Balaban J connectivity index is 1.27.